The van der Waals surface area contributed by atoms with Crippen molar-refractivity contribution in [3.8, 4) is 23.1 Å². The first kappa shape index (κ1) is 20.7. The number of aromatic nitrogens is 2. The fraction of sp³-hybridized carbons (Fsp3) is 0.182. The molecule has 2 aromatic carbocycles. The van der Waals surface area contributed by atoms with Crippen LogP contribution in [0.15, 0.2) is 58.4 Å². The summed E-state index contributed by atoms with van der Waals surface area (Å²) in [5.41, 5.74) is 3.33. The molecule has 0 saturated carbocycles. The highest BCUT2D eigenvalue weighted by Crippen LogP contribution is 2.20. The SMILES string of the molecule is CCCCOc1ccc(C=NNc2nc(-c3ccccc3)c(C#N)c(=O)[nH]2)cc1F. The summed E-state index contributed by atoms with van der Waals surface area (Å²) in [7, 11) is 0. The Morgan fingerprint density at radius 3 is 2.80 bits per heavy atom. The number of hydrazone groups is 1. The minimum atomic E-state index is -0.580. The van der Waals surface area contributed by atoms with Gasteiger partial charge in [-0.05, 0) is 30.2 Å². The van der Waals surface area contributed by atoms with Gasteiger partial charge in [-0.3, -0.25) is 9.78 Å². The first-order valence-corrected chi connectivity index (χ1v) is 9.43. The quantitative estimate of drug-likeness (QED) is 0.334. The largest absolute Gasteiger partial charge is 0.491 e. The highest BCUT2D eigenvalue weighted by atomic mass is 19.1. The molecule has 3 rings (SSSR count). The molecular weight excluding hydrogens is 385 g/mol. The normalized spacial score (nSPS) is 10.7. The fourth-order valence-electron chi connectivity index (χ4n) is 2.64. The first-order valence-electron chi connectivity index (χ1n) is 9.43. The molecule has 0 aliphatic carbocycles. The maximum Gasteiger partial charge on any atom is 0.270 e. The molecule has 0 spiro atoms. The predicted molar refractivity (Wildman–Crippen MR) is 113 cm³/mol. The van der Waals surface area contributed by atoms with E-state index in [0.29, 0.717) is 17.7 Å². The smallest absolute Gasteiger partial charge is 0.270 e. The molecule has 0 radical (unpaired) electrons. The molecule has 0 aliphatic heterocycles. The van der Waals surface area contributed by atoms with E-state index in [1.165, 1.54) is 12.3 Å². The van der Waals surface area contributed by atoms with Gasteiger partial charge in [0, 0.05) is 5.56 Å². The van der Waals surface area contributed by atoms with Crippen molar-refractivity contribution in [3.05, 3.63) is 75.8 Å². The molecule has 2 N–H and O–H groups in total. The van der Waals surface area contributed by atoms with E-state index in [9.17, 15) is 14.4 Å². The van der Waals surface area contributed by atoms with Crippen molar-refractivity contribution in [1.29, 1.82) is 5.26 Å². The first-order chi connectivity index (χ1) is 14.6. The van der Waals surface area contributed by atoms with Gasteiger partial charge in [0.15, 0.2) is 11.6 Å². The number of hydrogen-bond acceptors (Lipinski definition) is 6. The zero-order chi connectivity index (χ0) is 21.3. The lowest BCUT2D eigenvalue weighted by Gasteiger charge is -2.07. The van der Waals surface area contributed by atoms with E-state index < -0.39 is 11.4 Å². The average molecular weight is 405 g/mol. The molecule has 152 valence electrons. The number of rotatable bonds is 8. The van der Waals surface area contributed by atoms with Crippen LogP contribution in [0.3, 0.4) is 0 Å². The number of halogens is 1. The van der Waals surface area contributed by atoms with Crippen LogP contribution >= 0.6 is 0 Å². The van der Waals surface area contributed by atoms with Crippen LogP contribution in [0.1, 0.15) is 30.9 Å². The van der Waals surface area contributed by atoms with Gasteiger partial charge in [-0.2, -0.15) is 10.4 Å². The van der Waals surface area contributed by atoms with Gasteiger partial charge >= 0.3 is 0 Å². The summed E-state index contributed by atoms with van der Waals surface area (Å²) in [5, 5.41) is 13.3. The topological polar surface area (TPSA) is 103 Å². The van der Waals surface area contributed by atoms with Crippen LogP contribution in [0.5, 0.6) is 5.75 Å². The molecule has 7 nitrogen and oxygen atoms in total. The van der Waals surface area contributed by atoms with Crippen LogP contribution in [-0.2, 0) is 0 Å². The Bertz CT molecular complexity index is 1140. The lowest BCUT2D eigenvalue weighted by atomic mass is 10.1. The monoisotopic (exact) mass is 405 g/mol. The van der Waals surface area contributed by atoms with Crippen molar-refractivity contribution in [3.63, 3.8) is 0 Å². The highest BCUT2D eigenvalue weighted by Gasteiger charge is 2.12. The Hall–Kier alpha value is -3.99. The second kappa shape index (κ2) is 9.98. The number of nitrogens with one attached hydrogen (secondary N) is 2. The number of ether oxygens (including phenoxy) is 1. The second-order valence-electron chi connectivity index (χ2n) is 6.38. The Labute approximate surface area is 172 Å². The maximum atomic E-state index is 14.1. The molecule has 0 atom stereocenters. The third-order valence-corrected chi connectivity index (χ3v) is 4.17. The van der Waals surface area contributed by atoms with Crippen LogP contribution in [0.4, 0.5) is 10.3 Å². The number of nitriles is 1. The van der Waals surface area contributed by atoms with E-state index in [4.69, 9.17) is 4.74 Å². The molecular formula is C22H20FN5O2. The van der Waals surface area contributed by atoms with Crippen molar-refractivity contribution < 1.29 is 9.13 Å². The van der Waals surface area contributed by atoms with Gasteiger partial charge in [0.1, 0.15) is 11.6 Å². The Kier molecular flexibility index (Phi) is 6.90. The Morgan fingerprint density at radius 1 is 1.30 bits per heavy atom. The Morgan fingerprint density at radius 2 is 2.10 bits per heavy atom. The minimum Gasteiger partial charge on any atom is -0.491 e. The number of H-pyrrole nitrogens is 1. The number of benzene rings is 2. The number of hydrogen-bond donors (Lipinski definition) is 2. The standard InChI is InChI=1S/C22H20FN5O2/c1-2-3-11-30-19-10-9-15(12-18(19)23)14-25-28-22-26-20(16-7-5-4-6-8-16)17(13-24)21(29)27-22/h4-10,12,14H,2-3,11H2,1H3,(H2,26,27,28,29). The van der Waals surface area contributed by atoms with Crippen molar-refractivity contribution in [2.45, 2.75) is 19.8 Å². The van der Waals surface area contributed by atoms with E-state index in [0.717, 1.165) is 12.8 Å². The van der Waals surface area contributed by atoms with Gasteiger partial charge < -0.3 is 4.74 Å². The number of unbranched alkanes of at least 4 members (excludes halogenated alkanes) is 1. The molecule has 0 saturated heterocycles. The minimum absolute atomic E-state index is 0.0640. The summed E-state index contributed by atoms with van der Waals surface area (Å²) in [6.45, 7) is 2.49. The van der Waals surface area contributed by atoms with Gasteiger partial charge in [0.2, 0.25) is 5.95 Å². The summed E-state index contributed by atoms with van der Waals surface area (Å²) in [4.78, 5) is 19.0. The number of anilines is 1. The second-order valence-corrected chi connectivity index (χ2v) is 6.38. The summed E-state index contributed by atoms with van der Waals surface area (Å²) >= 11 is 0. The molecule has 0 amide bonds. The summed E-state index contributed by atoms with van der Waals surface area (Å²) in [5.74, 6) is -0.223. The third kappa shape index (κ3) is 5.08. The molecule has 0 bridgehead atoms. The van der Waals surface area contributed by atoms with E-state index >= 15 is 0 Å². The Balaban J connectivity index is 1.77. The average Bonchev–Trinajstić information content (AvgIpc) is 2.75. The van der Waals surface area contributed by atoms with E-state index in [1.807, 2.05) is 19.1 Å². The summed E-state index contributed by atoms with van der Waals surface area (Å²) in [6.07, 6.45) is 3.21. The number of aromatic amines is 1. The molecule has 8 heteroatoms. The van der Waals surface area contributed by atoms with Gasteiger partial charge in [-0.1, -0.05) is 43.7 Å². The van der Waals surface area contributed by atoms with E-state index in [2.05, 4.69) is 20.5 Å². The highest BCUT2D eigenvalue weighted by molar-refractivity contribution is 5.80. The predicted octanol–water partition coefficient (Wildman–Crippen LogP) is 4.07. The number of nitrogens with zero attached hydrogens (tertiary/aromatic N) is 3. The maximum absolute atomic E-state index is 14.1. The van der Waals surface area contributed by atoms with Gasteiger partial charge in [0.25, 0.3) is 5.56 Å². The van der Waals surface area contributed by atoms with E-state index in [-0.39, 0.29) is 23.0 Å². The molecule has 1 aromatic heterocycles. The molecule has 3 aromatic rings. The van der Waals surface area contributed by atoms with Crippen molar-refractivity contribution >= 4 is 12.2 Å². The zero-order valence-electron chi connectivity index (χ0n) is 16.4. The van der Waals surface area contributed by atoms with Crippen molar-refractivity contribution in [1.82, 2.24) is 9.97 Å². The van der Waals surface area contributed by atoms with Crippen molar-refractivity contribution in [2.75, 3.05) is 12.0 Å². The van der Waals surface area contributed by atoms with E-state index in [1.54, 1.807) is 36.4 Å². The van der Waals surface area contributed by atoms with Gasteiger partial charge in [0.05, 0.1) is 18.5 Å². The van der Waals surface area contributed by atoms with Crippen LogP contribution in [0.2, 0.25) is 0 Å². The lowest BCUT2D eigenvalue weighted by molar-refractivity contribution is 0.294. The summed E-state index contributed by atoms with van der Waals surface area (Å²) < 4.78 is 19.5. The molecule has 1 heterocycles. The zero-order valence-corrected chi connectivity index (χ0v) is 16.4. The molecule has 0 fully saturated rings. The van der Waals surface area contributed by atoms with Crippen LogP contribution in [0, 0.1) is 17.1 Å². The van der Waals surface area contributed by atoms with Crippen LogP contribution < -0.4 is 15.7 Å². The summed E-state index contributed by atoms with van der Waals surface area (Å²) in [6, 6.07) is 15.3. The van der Waals surface area contributed by atoms with Crippen LogP contribution in [-0.4, -0.2) is 22.8 Å². The molecule has 0 unspecified atom stereocenters. The van der Waals surface area contributed by atoms with Crippen molar-refractivity contribution in [2.24, 2.45) is 5.10 Å². The lowest BCUT2D eigenvalue weighted by Crippen LogP contribution is -2.16. The van der Waals surface area contributed by atoms with Gasteiger partial charge in [-0.25, -0.2) is 14.8 Å². The fourth-order valence-corrected chi connectivity index (χ4v) is 2.64. The molecule has 0 aliphatic rings. The van der Waals surface area contributed by atoms with Crippen LogP contribution in [0.25, 0.3) is 11.3 Å². The molecule has 30 heavy (non-hydrogen) atoms. The van der Waals surface area contributed by atoms with Gasteiger partial charge in [-0.15, -0.1) is 0 Å². The third-order valence-electron chi connectivity index (χ3n) is 4.17.